The number of aryl methyl sites for hydroxylation is 1. The minimum absolute atomic E-state index is 0.0723. The molecular formula is C38H44ClN5O4S. The largest absolute Gasteiger partial charge is 0.341 e. The molecule has 1 N–H and O–H groups in total. The molecule has 3 atom stereocenters. The molecule has 1 aromatic heterocycles. The fraction of sp³-hybridized carbons (Fsp3) is 0.447. The molecule has 0 radical (unpaired) electrons. The lowest BCUT2D eigenvalue weighted by Crippen LogP contribution is -2.57. The average Bonchev–Trinajstić information content (AvgIpc) is 3.57. The van der Waals surface area contributed by atoms with Crippen molar-refractivity contribution in [3.63, 3.8) is 0 Å². The van der Waals surface area contributed by atoms with Gasteiger partial charge >= 0.3 is 0 Å². The first-order valence-corrected chi connectivity index (χ1v) is 19.2. The van der Waals surface area contributed by atoms with Gasteiger partial charge in [-0.15, -0.1) is 0 Å². The number of aromatic nitrogens is 2. The summed E-state index contributed by atoms with van der Waals surface area (Å²) in [6.45, 7) is 5.25. The number of likely N-dealkylation sites (tertiary alicyclic amines) is 1. The van der Waals surface area contributed by atoms with E-state index in [1.807, 2.05) is 10.8 Å². The highest BCUT2D eigenvalue weighted by Crippen LogP contribution is 2.45. The Kier molecular flexibility index (Phi) is 9.09. The molecule has 3 aliphatic heterocycles. The molecule has 2 amide bonds. The Balaban J connectivity index is 1.03. The minimum atomic E-state index is -4.18. The van der Waals surface area contributed by atoms with Crippen LogP contribution in [0.15, 0.2) is 89.8 Å². The van der Waals surface area contributed by atoms with Crippen LogP contribution in [0.25, 0.3) is 11.0 Å². The van der Waals surface area contributed by atoms with Gasteiger partial charge in [0.05, 0.1) is 15.9 Å². The molecule has 0 spiro atoms. The fourth-order valence-corrected chi connectivity index (χ4v) is 9.98. The highest BCUT2D eigenvalue weighted by atomic mass is 35.5. The summed E-state index contributed by atoms with van der Waals surface area (Å²) in [6, 6.07) is 28.1. The van der Waals surface area contributed by atoms with Crippen LogP contribution in [0.3, 0.4) is 0 Å². The monoisotopic (exact) mass is 701 g/mol. The van der Waals surface area contributed by atoms with Gasteiger partial charge in [0, 0.05) is 31.2 Å². The first kappa shape index (κ1) is 33.8. The number of nitrogens with one attached hydrogen (secondary N) is 1. The molecule has 258 valence electrons. The molecule has 2 bridgehead atoms. The van der Waals surface area contributed by atoms with E-state index in [1.54, 1.807) is 23.1 Å². The summed E-state index contributed by atoms with van der Waals surface area (Å²) in [5, 5.41) is 0. The number of benzene rings is 3. The van der Waals surface area contributed by atoms with E-state index in [1.165, 1.54) is 43.0 Å². The molecule has 7 rings (SSSR count). The van der Waals surface area contributed by atoms with E-state index in [0.29, 0.717) is 31.2 Å². The third-order valence-electron chi connectivity index (χ3n) is 11.3. The highest BCUT2D eigenvalue weighted by molar-refractivity contribution is 7.90. The van der Waals surface area contributed by atoms with Crippen molar-refractivity contribution < 1.29 is 18.0 Å². The second-order valence-corrected chi connectivity index (χ2v) is 16.6. The van der Waals surface area contributed by atoms with E-state index < -0.39 is 26.7 Å². The summed E-state index contributed by atoms with van der Waals surface area (Å²) in [7, 11) is -4.18. The zero-order chi connectivity index (χ0) is 34.4. The van der Waals surface area contributed by atoms with Crippen LogP contribution in [-0.2, 0) is 25.0 Å². The van der Waals surface area contributed by atoms with Crippen molar-refractivity contribution in [3.8, 4) is 0 Å². The van der Waals surface area contributed by atoms with E-state index in [-0.39, 0.29) is 10.3 Å². The van der Waals surface area contributed by atoms with Gasteiger partial charge in [0.15, 0.2) is 4.87 Å². The molecule has 3 unspecified atom stereocenters. The first-order valence-electron chi connectivity index (χ1n) is 17.3. The molecule has 4 heterocycles. The number of nitrogens with zero attached hydrogens (tertiary/aromatic N) is 4. The van der Waals surface area contributed by atoms with E-state index in [4.69, 9.17) is 16.6 Å². The average molecular weight is 702 g/mol. The smallest absolute Gasteiger partial charge is 0.264 e. The Morgan fingerprint density at radius 3 is 2.14 bits per heavy atom. The molecule has 3 aromatic carbocycles. The SMILES string of the molecule is Cc1nc2ccccc2n1C1CC2CCC(C1)N2CCC1(c2ccccc2)CCN(C(=O)C(C)(Cl)C(=O)NS(=O)(=O)c2ccccc2)CC1. The van der Waals surface area contributed by atoms with Crippen molar-refractivity contribution in [2.45, 2.75) is 92.1 Å². The van der Waals surface area contributed by atoms with E-state index >= 15 is 0 Å². The molecule has 11 heteroatoms. The van der Waals surface area contributed by atoms with Crippen molar-refractivity contribution in [1.29, 1.82) is 0 Å². The Morgan fingerprint density at radius 1 is 0.898 bits per heavy atom. The summed E-state index contributed by atoms with van der Waals surface area (Å²) in [4.78, 5) is 33.9. The van der Waals surface area contributed by atoms with Gasteiger partial charge in [-0.05, 0) is 101 Å². The fourth-order valence-electron chi connectivity index (χ4n) is 8.67. The number of amides is 2. The van der Waals surface area contributed by atoms with Gasteiger partial charge in [-0.3, -0.25) is 14.5 Å². The highest BCUT2D eigenvalue weighted by Gasteiger charge is 2.48. The maximum Gasteiger partial charge on any atom is 0.264 e. The molecule has 0 aliphatic carbocycles. The standard InChI is InChI=1S/C38H44ClN5O4S/c1-27-40-33-15-9-10-16-34(33)44(27)31-25-29-17-18-30(26-31)43(29)24-21-38(28-11-5-3-6-12-28)19-22-42(23-20-38)36(46)37(2,39)35(45)41-49(47,48)32-13-7-4-8-14-32/h3-16,29-31H,17-26H2,1-2H3,(H,41,45). The van der Waals surface area contributed by atoms with Crippen molar-refractivity contribution >= 4 is 44.5 Å². The number of alkyl halides is 1. The summed E-state index contributed by atoms with van der Waals surface area (Å²) in [5.41, 5.74) is 3.43. The van der Waals surface area contributed by atoms with Crippen molar-refractivity contribution in [1.82, 2.24) is 24.1 Å². The number of para-hydroxylation sites is 2. The summed E-state index contributed by atoms with van der Waals surface area (Å²) < 4.78 is 30.1. The molecule has 4 aromatic rings. The quantitative estimate of drug-likeness (QED) is 0.171. The van der Waals surface area contributed by atoms with Crippen LogP contribution in [0.1, 0.15) is 69.3 Å². The van der Waals surface area contributed by atoms with E-state index in [0.717, 1.165) is 50.0 Å². The number of hydrogen-bond acceptors (Lipinski definition) is 6. The van der Waals surface area contributed by atoms with Crippen LogP contribution in [0.5, 0.6) is 0 Å². The Labute approximate surface area is 293 Å². The number of rotatable bonds is 9. The molecule has 3 aliphatic rings. The summed E-state index contributed by atoms with van der Waals surface area (Å²) >= 11 is 6.56. The minimum Gasteiger partial charge on any atom is -0.341 e. The summed E-state index contributed by atoms with van der Waals surface area (Å²) in [5.74, 6) is -0.550. The predicted octanol–water partition coefficient (Wildman–Crippen LogP) is 5.97. The molecule has 0 saturated carbocycles. The van der Waals surface area contributed by atoms with Gasteiger partial charge in [-0.1, -0.05) is 72.3 Å². The van der Waals surface area contributed by atoms with Crippen LogP contribution in [0.2, 0.25) is 0 Å². The topological polar surface area (TPSA) is 105 Å². The maximum atomic E-state index is 13.7. The summed E-state index contributed by atoms with van der Waals surface area (Å²) in [6.07, 6.45) is 7.09. The number of carbonyl (C=O) groups is 2. The van der Waals surface area contributed by atoms with Gasteiger partial charge in [-0.25, -0.2) is 18.1 Å². The number of halogens is 1. The molecule has 9 nitrogen and oxygen atoms in total. The maximum absolute atomic E-state index is 13.7. The van der Waals surface area contributed by atoms with Gasteiger partial charge in [0.1, 0.15) is 5.82 Å². The first-order chi connectivity index (χ1) is 23.5. The van der Waals surface area contributed by atoms with Gasteiger partial charge in [0.25, 0.3) is 21.8 Å². The molecule has 3 fully saturated rings. The Morgan fingerprint density at radius 2 is 1.49 bits per heavy atom. The lowest BCUT2D eigenvalue weighted by atomic mass is 9.70. The number of fused-ring (bicyclic) bond motifs is 3. The normalized spacial score (nSPS) is 23.7. The lowest BCUT2D eigenvalue weighted by Gasteiger charge is -2.46. The van der Waals surface area contributed by atoms with Crippen molar-refractivity contribution in [2.75, 3.05) is 19.6 Å². The Hall–Kier alpha value is -3.73. The molecule has 3 saturated heterocycles. The number of hydrogen-bond donors (Lipinski definition) is 1. The third kappa shape index (κ3) is 6.39. The molecule has 49 heavy (non-hydrogen) atoms. The van der Waals surface area contributed by atoms with E-state index in [9.17, 15) is 18.0 Å². The lowest BCUT2D eigenvalue weighted by molar-refractivity contribution is -0.140. The molecular weight excluding hydrogens is 658 g/mol. The Bertz CT molecular complexity index is 1930. The van der Waals surface area contributed by atoms with Crippen molar-refractivity contribution in [3.05, 3.63) is 96.3 Å². The zero-order valence-electron chi connectivity index (χ0n) is 28.1. The van der Waals surface area contributed by atoms with Crippen LogP contribution in [0.4, 0.5) is 0 Å². The third-order valence-corrected chi connectivity index (χ3v) is 13.0. The predicted molar refractivity (Wildman–Crippen MR) is 191 cm³/mol. The van der Waals surface area contributed by atoms with Gasteiger partial charge in [-0.2, -0.15) is 0 Å². The number of piperidine rings is 2. The second kappa shape index (κ2) is 13.2. The van der Waals surface area contributed by atoms with Crippen molar-refractivity contribution in [2.24, 2.45) is 0 Å². The number of imidazole rings is 1. The van der Waals surface area contributed by atoms with E-state index in [2.05, 4.69) is 64.9 Å². The zero-order valence-corrected chi connectivity index (χ0v) is 29.7. The number of sulfonamides is 1. The van der Waals surface area contributed by atoms with Gasteiger partial charge < -0.3 is 9.47 Å². The number of carbonyl (C=O) groups excluding carboxylic acids is 2. The van der Waals surface area contributed by atoms with Gasteiger partial charge in [0.2, 0.25) is 0 Å². The van der Waals surface area contributed by atoms with Crippen LogP contribution in [-0.4, -0.2) is 76.2 Å². The second-order valence-electron chi connectivity index (χ2n) is 14.2. The van der Waals surface area contributed by atoms with Crippen LogP contribution >= 0.6 is 11.6 Å². The van der Waals surface area contributed by atoms with Crippen LogP contribution in [0, 0.1) is 6.92 Å². The van der Waals surface area contributed by atoms with Crippen LogP contribution < -0.4 is 4.72 Å².